The van der Waals surface area contributed by atoms with Crippen LogP contribution in [0.2, 0.25) is 0 Å². The average Bonchev–Trinajstić information content (AvgIpc) is 2.70. The Morgan fingerprint density at radius 2 is 1.81 bits per heavy atom. The molecule has 1 aromatic heterocycles. The Morgan fingerprint density at radius 3 is 2.67 bits per heavy atom. The fourth-order valence-corrected chi connectivity index (χ4v) is 5.01. The van der Waals surface area contributed by atoms with E-state index in [0.717, 1.165) is 18.1 Å². The molecule has 0 radical (unpaired) electrons. The Bertz CT molecular complexity index is 445. The second-order valence-corrected chi connectivity index (χ2v) is 7.61. The van der Waals surface area contributed by atoms with E-state index in [1.165, 1.54) is 63.6 Å². The van der Waals surface area contributed by atoms with Crippen molar-refractivity contribution in [1.82, 2.24) is 20.1 Å². The largest absolute Gasteiger partial charge is 0.316 e. The maximum atomic E-state index is 4.50. The quantitative estimate of drug-likeness (QED) is 0.929. The predicted molar refractivity (Wildman–Crippen MR) is 87.8 cm³/mol. The van der Waals surface area contributed by atoms with Crippen molar-refractivity contribution in [2.45, 2.75) is 87.2 Å². The van der Waals surface area contributed by atoms with E-state index in [4.69, 9.17) is 0 Å². The van der Waals surface area contributed by atoms with Gasteiger partial charge in [0.25, 0.3) is 0 Å². The number of hydrogen-bond donors (Lipinski definition) is 1. The molecule has 1 N–H and O–H groups in total. The normalized spacial score (nSPS) is 27.5. The molecule has 118 valence electrons. The van der Waals surface area contributed by atoms with Gasteiger partial charge in [0.05, 0.1) is 0 Å². The molecular formula is C16H28N4S. The minimum absolute atomic E-state index is 0.619. The molecule has 5 heteroatoms. The van der Waals surface area contributed by atoms with Crippen molar-refractivity contribution in [2.24, 2.45) is 0 Å². The van der Waals surface area contributed by atoms with Gasteiger partial charge in [-0.15, -0.1) is 10.2 Å². The first-order chi connectivity index (χ1) is 10.4. The summed E-state index contributed by atoms with van der Waals surface area (Å²) in [5.74, 6) is 1.21. The number of rotatable bonds is 3. The third-order valence-electron chi connectivity index (χ3n) is 4.91. The summed E-state index contributed by atoms with van der Waals surface area (Å²) in [6, 6.07) is 0.619. The molecule has 0 aromatic carbocycles. The lowest BCUT2D eigenvalue weighted by atomic mass is 9.96. The first kappa shape index (κ1) is 15.3. The molecule has 3 rings (SSSR count). The molecule has 1 fully saturated rings. The molecule has 1 aromatic rings. The number of hydrogen-bond acceptors (Lipinski definition) is 4. The van der Waals surface area contributed by atoms with E-state index in [1.807, 2.05) is 11.8 Å². The Kier molecular flexibility index (Phi) is 5.58. The second-order valence-electron chi connectivity index (χ2n) is 6.40. The highest BCUT2D eigenvalue weighted by Gasteiger charge is 2.25. The molecule has 2 heterocycles. The Hall–Kier alpha value is -0.550. The number of aryl methyl sites for hydroxylation is 1. The van der Waals surface area contributed by atoms with Crippen molar-refractivity contribution < 1.29 is 0 Å². The van der Waals surface area contributed by atoms with Crippen LogP contribution in [0.15, 0.2) is 5.16 Å². The maximum Gasteiger partial charge on any atom is 0.191 e. The third-order valence-corrected chi connectivity index (χ3v) is 6.29. The maximum absolute atomic E-state index is 4.50. The van der Waals surface area contributed by atoms with Gasteiger partial charge in [-0.1, -0.05) is 43.9 Å². The van der Waals surface area contributed by atoms with Crippen LogP contribution in [0.3, 0.4) is 0 Å². The van der Waals surface area contributed by atoms with Crippen LogP contribution in [0.1, 0.15) is 63.6 Å². The number of thioether (sulfide) groups is 1. The van der Waals surface area contributed by atoms with Crippen LogP contribution < -0.4 is 5.32 Å². The second kappa shape index (κ2) is 7.63. The smallest absolute Gasteiger partial charge is 0.191 e. The van der Waals surface area contributed by atoms with Crippen LogP contribution in [-0.2, 0) is 13.0 Å². The zero-order chi connectivity index (χ0) is 14.5. The first-order valence-corrected chi connectivity index (χ1v) is 9.52. The summed E-state index contributed by atoms with van der Waals surface area (Å²) >= 11 is 1.98. The van der Waals surface area contributed by atoms with Crippen molar-refractivity contribution in [3.63, 3.8) is 0 Å². The van der Waals surface area contributed by atoms with Crippen molar-refractivity contribution in [3.8, 4) is 0 Å². The van der Waals surface area contributed by atoms with Crippen molar-refractivity contribution >= 4 is 11.8 Å². The van der Waals surface area contributed by atoms with Crippen molar-refractivity contribution in [1.29, 1.82) is 0 Å². The molecule has 0 spiro atoms. The molecular weight excluding hydrogens is 280 g/mol. The number of nitrogens with zero attached hydrogens (tertiary/aromatic N) is 3. The molecule has 1 aliphatic carbocycles. The molecule has 0 saturated heterocycles. The third kappa shape index (κ3) is 3.81. The summed E-state index contributed by atoms with van der Waals surface area (Å²) in [7, 11) is 2.12. The summed E-state index contributed by atoms with van der Waals surface area (Å²) in [5, 5.41) is 14.3. The lowest BCUT2D eigenvalue weighted by molar-refractivity contribution is 0.419. The van der Waals surface area contributed by atoms with Gasteiger partial charge in [-0.05, 0) is 32.7 Å². The molecule has 2 aliphatic rings. The minimum atomic E-state index is 0.619. The van der Waals surface area contributed by atoms with Crippen LogP contribution in [0.5, 0.6) is 0 Å². The van der Waals surface area contributed by atoms with Gasteiger partial charge in [0.15, 0.2) is 5.16 Å². The topological polar surface area (TPSA) is 42.7 Å². The van der Waals surface area contributed by atoms with E-state index in [-0.39, 0.29) is 0 Å². The van der Waals surface area contributed by atoms with Crippen LogP contribution in [-0.4, -0.2) is 33.1 Å². The van der Waals surface area contributed by atoms with Gasteiger partial charge in [-0.2, -0.15) is 0 Å². The Morgan fingerprint density at radius 1 is 1.00 bits per heavy atom. The number of fused-ring (bicyclic) bond motifs is 1. The predicted octanol–water partition coefficient (Wildman–Crippen LogP) is 3.41. The number of aromatic nitrogens is 3. The van der Waals surface area contributed by atoms with E-state index >= 15 is 0 Å². The molecule has 1 aliphatic heterocycles. The van der Waals surface area contributed by atoms with Crippen LogP contribution in [0, 0.1) is 0 Å². The summed E-state index contributed by atoms with van der Waals surface area (Å²) < 4.78 is 2.39. The highest BCUT2D eigenvalue weighted by molar-refractivity contribution is 7.99. The molecule has 2 unspecified atom stereocenters. The zero-order valence-corrected chi connectivity index (χ0v) is 14.0. The van der Waals surface area contributed by atoms with Crippen molar-refractivity contribution in [3.05, 3.63) is 5.82 Å². The van der Waals surface area contributed by atoms with Gasteiger partial charge in [0, 0.05) is 24.3 Å². The molecule has 2 atom stereocenters. The molecule has 21 heavy (non-hydrogen) atoms. The van der Waals surface area contributed by atoms with E-state index < -0.39 is 0 Å². The van der Waals surface area contributed by atoms with Gasteiger partial charge < -0.3 is 9.88 Å². The lowest BCUT2D eigenvalue weighted by Gasteiger charge is -2.28. The Balaban J connectivity index is 1.73. The SMILES string of the molecule is CNC1CCCCCCC1Sc1nnc2n1CCCCC2. The van der Waals surface area contributed by atoms with Gasteiger partial charge in [-0.3, -0.25) is 0 Å². The lowest BCUT2D eigenvalue weighted by Crippen LogP contribution is -2.36. The highest BCUT2D eigenvalue weighted by Crippen LogP contribution is 2.32. The standard InChI is InChI=1S/C16H28N4S/c1-17-13-9-5-2-3-6-10-14(13)21-16-19-18-15-11-7-4-8-12-20(15)16/h13-14,17H,2-12H2,1H3. The summed E-state index contributed by atoms with van der Waals surface area (Å²) in [5.41, 5.74) is 0. The number of nitrogens with one attached hydrogen (secondary N) is 1. The minimum Gasteiger partial charge on any atom is -0.316 e. The van der Waals surface area contributed by atoms with E-state index in [2.05, 4.69) is 27.1 Å². The van der Waals surface area contributed by atoms with E-state index in [9.17, 15) is 0 Å². The average molecular weight is 308 g/mol. The molecule has 1 saturated carbocycles. The molecule has 4 nitrogen and oxygen atoms in total. The summed E-state index contributed by atoms with van der Waals surface area (Å²) in [4.78, 5) is 0. The summed E-state index contributed by atoms with van der Waals surface area (Å²) in [6.07, 6.45) is 13.1. The van der Waals surface area contributed by atoms with Gasteiger partial charge in [-0.25, -0.2) is 0 Å². The van der Waals surface area contributed by atoms with Crippen LogP contribution in [0.4, 0.5) is 0 Å². The van der Waals surface area contributed by atoms with E-state index in [1.54, 1.807) is 0 Å². The van der Waals surface area contributed by atoms with Gasteiger partial charge >= 0.3 is 0 Å². The Labute approximate surface area is 132 Å². The molecule has 0 amide bonds. The monoisotopic (exact) mass is 308 g/mol. The van der Waals surface area contributed by atoms with Gasteiger partial charge in [0.2, 0.25) is 0 Å². The first-order valence-electron chi connectivity index (χ1n) is 8.64. The summed E-state index contributed by atoms with van der Waals surface area (Å²) in [6.45, 7) is 1.11. The zero-order valence-electron chi connectivity index (χ0n) is 13.2. The van der Waals surface area contributed by atoms with Gasteiger partial charge in [0.1, 0.15) is 5.82 Å². The van der Waals surface area contributed by atoms with Crippen LogP contribution in [0.25, 0.3) is 0 Å². The van der Waals surface area contributed by atoms with E-state index in [0.29, 0.717) is 11.3 Å². The molecule has 0 bridgehead atoms. The fraction of sp³-hybridized carbons (Fsp3) is 0.875. The van der Waals surface area contributed by atoms with Crippen molar-refractivity contribution in [2.75, 3.05) is 7.05 Å². The van der Waals surface area contributed by atoms with Crippen LogP contribution >= 0.6 is 11.8 Å². The highest BCUT2D eigenvalue weighted by atomic mass is 32.2. The fourth-order valence-electron chi connectivity index (χ4n) is 3.60.